The van der Waals surface area contributed by atoms with Crippen molar-refractivity contribution in [1.29, 1.82) is 0 Å². The Bertz CT molecular complexity index is 783. The molecular weight excluding hydrogens is 304 g/mol. The van der Waals surface area contributed by atoms with E-state index in [1.54, 1.807) is 22.9 Å². The summed E-state index contributed by atoms with van der Waals surface area (Å²) in [5.41, 5.74) is 4.53. The van der Waals surface area contributed by atoms with Crippen LogP contribution in [0.25, 0.3) is 0 Å². The quantitative estimate of drug-likeness (QED) is 0.935. The van der Waals surface area contributed by atoms with Gasteiger partial charge in [-0.15, -0.1) is 0 Å². The van der Waals surface area contributed by atoms with Crippen molar-refractivity contribution in [3.8, 4) is 5.75 Å². The number of fused-ring (bicyclic) bond motifs is 1. The lowest BCUT2D eigenvalue weighted by atomic mass is 10.1. The average molecular weight is 326 g/mol. The maximum absolute atomic E-state index is 12.8. The number of amides is 1. The molecule has 24 heavy (non-hydrogen) atoms. The van der Waals surface area contributed by atoms with E-state index < -0.39 is 0 Å². The van der Waals surface area contributed by atoms with Crippen LogP contribution in [0.4, 0.5) is 11.4 Å². The highest BCUT2D eigenvalue weighted by Crippen LogP contribution is 2.37. The number of carbonyl (C=O) groups excluding carboxylic acids is 1. The molecule has 1 aromatic heterocycles. The molecule has 1 aliphatic heterocycles. The smallest absolute Gasteiger partial charge is 0.249 e. The van der Waals surface area contributed by atoms with Gasteiger partial charge in [-0.2, -0.15) is 5.10 Å². The lowest BCUT2D eigenvalue weighted by Gasteiger charge is -2.20. The average Bonchev–Trinajstić information content (AvgIpc) is 3.29. The molecule has 1 fully saturated rings. The monoisotopic (exact) mass is 326 g/mol. The summed E-state index contributed by atoms with van der Waals surface area (Å²) in [6.07, 6.45) is 7.71. The van der Waals surface area contributed by atoms with Gasteiger partial charge >= 0.3 is 0 Å². The molecule has 6 nitrogen and oxygen atoms in total. The minimum Gasteiger partial charge on any atom is -0.495 e. The van der Waals surface area contributed by atoms with Crippen LogP contribution >= 0.6 is 0 Å². The first kappa shape index (κ1) is 15.1. The number of rotatable bonds is 4. The highest BCUT2D eigenvalue weighted by Gasteiger charge is 2.34. The fourth-order valence-corrected chi connectivity index (χ4v) is 3.77. The second-order valence-electron chi connectivity index (χ2n) is 6.48. The van der Waals surface area contributed by atoms with E-state index >= 15 is 0 Å². The first-order chi connectivity index (χ1) is 11.7. The lowest BCUT2D eigenvalue weighted by molar-refractivity contribution is -0.117. The van der Waals surface area contributed by atoms with Gasteiger partial charge in [-0.3, -0.25) is 9.48 Å². The Hall–Kier alpha value is -2.50. The third kappa shape index (κ3) is 2.42. The molecule has 6 heteroatoms. The van der Waals surface area contributed by atoms with E-state index in [4.69, 9.17) is 4.74 Å². The largest absolute Gasteiger partial charge is 0.495 e. The molecule has 1 aromatic carbocycles. The molecule has 1 unspecified atom stereocenters. The summed E-state index contributed by atoms with van der Waals surface area (Å²) >= 11 is 0. The van der Waals surface area contributed by atoms with Crippen LogP contribution in [0.5, 0.6) is 5.75 Å². The van der Waals surface area contributed by atoms with Crippen molar-refractivity contribution in [3.63, 3.8) is 0 Å². The van der Waals surface area contributed by atoms with Crippen molar-refractivity contribution in [3.05, 3.63) is 35.7 Å². The van der Waals surface area contributed by atoms with Crippen LogP contribution in [0.15, 0.2) is 24.5 Å². The summed E-state index contributed by atoms with van der Waals surface area (Å²) in [4.78, 5) is 14.6. The van der Waals surface area contributed by atoms with Crippen LogP contribution in [-0.2, 0) is 24.7 Å². The zero-order valence-corrected chi connectivity index (χ0v) is 14.1. The number of anilines is 2. The zero-order valence-electron chi connectivity index (χ0n) is 14.1. The van der Waals surface area contributed by atoms with Gasteiger partial charge in [0.1, 0.15) is 11.8 Å². The highest BCUT2D eigenvalue weighted by atomic mass is 16.5. The summed E-state index contributed by atoms with van der Waals surface area (Å²) in [6, 6.07) is 3.93. The Morgan fingerprint density at radius 2 is 2.21 bits per heavy atom. The van der Waals surface area contributed by atoms with Crippen molar-refractivity contribution < 1.29 is 9.53 Å². The SMILES string of the molecule is COc1ccc2c(c1NC1CCN(c3cnn(C)c3)C1=O)CCC2. The fourth-order valence-electron chi connectivity index (χ4n) is 3.77. The predicted molar refractivity (Wildman–Crippen MR) is 92.6 cm³/mol. The van der Waals surface area contributed by atoms with Crippen LogP contribution in [0.1, 0.15) is 24.0 Å². The third-order valence-corrected chi connectivity index (χ3v) is 4.99. The van der Waals surface area contributed by atoms with E-state index in [0.29, 0.717) is 6.54 Å². The Labute approximate surface area is 141 Å². The van der Waals surface area contributed by atoms with E-state index in [1.165, 1.54) is 11.1 Å². The van der Waals surface area contributed by atoms with Gasteiger partial charge in [0.25, 0.3) is 0 Å². The third-order valence-electron chi connectivity index (χ3n) is 4.99. The molecular formula is C18H22N4O2. The van der Waals surface area contributed by atoms with Crippen LogP contribution < -0.4 is 15.0 Å². The van der Waals surface area contributed by atoms with Gasteiger partial charge in [0.05, 0.1) is 24.7 Å². The maximum Gasteiger partial charge on any atom is 0.249 e. The van der Waals surface area contributed by atoms with Crippen LogP contribution in [-0.4, -0.2) is 35.4 Å². The Morgan fingerprint density at radius 1 is 1.33 bits per heavy atom. The van der Waals surface area contributed by atoms with Gasteiger partial charge in [-0.05, 0) is 42.9 Å². The van der Waals surface area contributed by atoms with Crippen molar-refractivity contribution in [1.82, 2.24) is 9.78 Å². The number of methoxy groups -OCH3 is 1. The molecule has 1 aliphatic carbocycles. The summed E-state index contributed by atoms with van der Waals surface area (Å²) in [5, 5.41) is 7.64. The number of hydrogen-bond acceptors (Lipinski definition) is 4. The van der Waals surface area contributed by atoms with E-state index in [2.05, 4.69) is 16.5 Å². The summed E-state index contributed by atoms with van der Waals surface area (Å²) in [5.74, 6) is 0.920. The molecule has 2 aromatic rings. The van der Waals surface area contributed by atoms with Gasteiger partial charge in [0.2, 0.25) is 5.91 Å². The molecule has 126 valence electrons. The topological polar surface area (TPSA) is 59.4 Å². The van der Waals surface area contributed by atoms with Gasteiger partial charge in [0, 0.05) is 19.8 Å². The van der Waals surface area contributed by atoms with Crippen LogP contribution in [0.3, 0.4) is 0 Å². The molecule has 2 aliphatic rings. The molecule has 2 heterocycles. The number of aromatic nitrogens is 2. The lowest BCUT2D eigenvalue weighted by Crippen LogP contribution is -2.33. The van der Waals surface area contributed by atoms with Crippen LogP contribution in [0.2, 0.25) is 0 Å². The summed E-state index contributed by atoms with van der Waals surface area (Å²) in [6.45, 7) is 0.708. The number of nitrogens with zero attached hydrogens (tertiary/aromatic N) is 3. The number of benzene rings is 1. The Balaban J connectivity index is 1.59. The number of aryl methyl sites for hydroxylation is 2. The second kappa shape index (κ2) is 5.85. The number of carbonyl (C=O) groups is 1. The van der Waals surface area contributed by atoms with Gasteiger partial charge in [-0.25, -0.2) is 0 Å². The minimum absolute atomic E-state index is 0.0978. The first-order valence-corrected chi connectivity index (χ1v) is 8.42. The van der Waals surface area contributed by atoms with E-state index in [0.717, 1.165) is 42.8 Å². The van der Waals surface area contributed by atoms with Gasteiger partial charge < -0.3 is 15.0 Å². The normalized spacial score (nSPS) is 19.7. The van der Waals surface area contributed by atoms with E-state index in [1.807, 2.05) is 19.3 Å². The second-order valence-corrected chi connectivity index (χ2v) is 6.48. The standard InChI is InChI=1S/C18H22N4O2/c1-21-11-13(10-19-21)22-9-8-15(18(22)23)20-17-14-5-3-4-12(14)6-7-16(17)24-2/h6-7,10-11,15,20H,3-5,8-9H2,1-2H3. The van der Waals surface area contributed by atoms with Crippen molar-refractivity contribution in [2.24, 2.45) is 7.05 Å². The maximum atomic E-state index is 12.8. The molecule has 0 saturated carbocycles. The van der Waals surface area contributed by atoms with Crippen molar-refractivity contribution in [2.45, 2.75) is 31.7 Å². The van der Waals surface area contributed by atoms with Crippen molar-refractivity contribution in [2.75, 3.05) is 23.9 Å². The molecule has 1 saturated heterocycles. The molecule has 0 bridgehead atoms. The summed E-state index contributed by atoms with van der Waals surface area (Å²) in [7, 11) is 3.54. The molecule has 0 spiro atoms. The molecule has 4 rings (SSSR count). The van der Waals surface area contributed by atoms with Gasteiger partial charge in [0.15, 0.2) is 0 Å². The molecule has 1 atom stereocenters. The fraction of sp³-hybridized carbons (Fsp3) is 0.444. The minimum atomic E-state index is -0.216. The van der Waals surface area contributed by atoms with E-state index in [-0.39, 0.29) is 11.9 Å². The summed E-state index contributed by atoms with van der Waals surface area (Å²) < 4.78 is 7.25. The first-order valence-electron chi connectivity index (χ1n) is 8.42. The zero-order chi connectivity index (χ0) is 16.7. The van der Waals surface area contributed by atoms with Crippen molar-refractivity contribution >= 4 is 17.3 Å². The van der Waals surface area contributed by atoms with Gasteiger partial charge in [-0.1, -0.05) is 6.07 Å². The highest BCUT2D eigenvalue weighted by molar-refractivity contribution is 6.01. The molecule has 0 radical (unpaired) electrons. The predicted octanol–water partition coefficient (Wildman–Crippen LogP) is 2.13. The van der Waals surface area contributed by atoms with Crippen LogP contribution in [0, 0.1) is 0 Å². The molecule has 1 N–H and O–H groups in total. The molecule has 1 amide bonds. The van der Waals surface area contributed by atoms with E-state index in [9.17, 15) is 4.79 Å². The Morgan fingerprint density at radius 3 is 2.96 bits per heavy atom. The number of hydrogen-bond donors (Lipinski definition) is 1. The number of nitrogens with one attached hydrogen (secondary N) is 1. The number of ether oxygens (including phenoxy) is 1. The Kier molecular flexibility index (Phi) is 3.67.